The van der Waals surface area contributed by atoms with Crippen molar-refractivity contribution in [3.05, 3.63) is 82.2 Å². The van der Waals surface area contributed by atoms with Gasteiger partial charge in [0.25, 0.3) is 5.91 Å². The summed E-state index contributed by atoms with van der Waals surface area (Å²) in [6.07, 6.45) is -2.33. The highest BCUT2D eigenvalue weighted by molar-refractivity contribution is 7.96. The number of anilines is 1. The molecule has 0 saturated carbocycles. The van der Waals surface area contributed by atoms with E-state index in [0.29, 0.717) is 16.5 Å². The lowest BCUT2D eigenvalue weighted by Gasteiger charge is -2.37. The molecule has 0 bridgehead atoms. The Balaban J connectivity index is 2.18. The number of carbonyl (C=O) groups excluding carboxylic acids is 5. The summed E-state index contributed by atoms with van der Waals surface area (Å²) in [6.45, 7) is 12.7. The molecule has 3 aromatic rings. The van der Waals surface area contributed by atoms with Gasteiger partial charge < -0.3 is 30.9 Å². The largest absolute Gasteiger partial charge is 0.481 e. The number of pyridine rings is 1. The third kappa shape index (κ3) is 15.2. The number of benzene rings is 2. The SMILES string of the molecule is CC(C)[C@@H](C(=O)N[C@@H](CC(=O)O)C(=O)C(=C(Cl)S(C)(=O)=O)C(C)(C)C)N(C(=O)[C@H](CC(C)(C)C)NC(=O)[C@H](CC(=O)O)NC(=O)OCc1ccccc1)c1ccc2ccccc2n1. The van der Waals surface area contributed by atoms with Gasteiger partial charge in [-0.2, -0.15) is 0 Å². The van der Waals surface area contributed by atoms with E-state index >= 15 is 4.79 Å². The molecule has 0 aliphatic carbocycles. The van der Waals surface area contributed by atoms with Gasteiger partial charge in [0.1, 0.15) is 41.0 Å². The zero-order valence-corrected chi connectivity index (χ0v) is 38.3. The van der Waals surface area contributed by atoms with Crippen LogP contribution in [0.5, 0.6) is 0 Å². The maximum Gasteiger partial charge on any atom is 0.408 e. The lowest BCUT2D eigenvalue weighted by atomic mass is 9.82. The van der Waals surface area contributed by atoms with Crippen LogP contribution in [0.25, 0.3) is 10.9 Å². The Morgan fingerprint density at radius 2 is 1.32 bits per heavy atom. The van der Waals surface area contributed by atoms with Crippen molar-refractivity contribution in [3.63, 3.8) is 0 Å². The number of aromatic nitrogens is 1. The third-order valence-corrected chi connectivity index (χ3v) is 11.3. The summed E-state index contributed by atoms with van der Waals surface area (Å²) in [6, 6.07) is 11.9. The van der Waals surface area contributed by atoms with Crippen LogP contribution < -0.4 is 20.9 Å². The van der Waals surface area contributed by atoms with E-state index in [4.69, 9.17) is 16.3 Å². The maximum absolute atomic E-state index is 15.2. The van der Waals surface area contributed by atoms with Crippen molar-refractivity contribution in [2.75, 3.05) is 11.2 Å². The van der Waals surface area contributed by atoms with Crippen LogP contribution in [-0.2, 0) is 49.9 Å². The van der Waals surface area contributed by atoms with Crippen LogP contribution in [0.3, 0.4) is 0 Å². The summed E-state index contributed by atoms with van der Waals surface area (Å²) < 4.78 is 29.6. The Morgan fingerprint density at radius 1 is 0.762 bits per heavy atom. The molecule has 4 atom stereocenters. The topological polar surface area (TPSA) is 256 Å². The number of alkyl carbamates (subject to hydrolysis) is 1. The molecule has 3 rings (SSSR count). The number of ketones is 1. The Hall–Kier alpha value is -5.88. The number of carbonyl (C=O) groups is 7. The van der Waals surface area contributed by atoms with Crippen molar-refractivity contribution in [1.82, 2.24) is 20.9 Å². The van der Waals surface area contributed by atoms with Crippen molar-refractivity contribution < 1.29 is 56.9 Å². The number of aliphatic carboxylic acids is 2. The number of hydrogen-bond donors (Lipinski definition) is 5. The highest BCUT2D eigenvalue weighted by Gasteiger charge is 2.43. The van der Waals surface area contributed by atoms with Crippen molar-refractivity contribution >= 4 is 79.7 Å². The molecule has 342 valence electrons. The number of fused-ring (bicyclic) bond motifs is 1. The van der Waals surface area contributed by atoms with Crippen LogP contribution in [0.1, 0.15) is 80.2 Å². The van der Waals surface area contributed by atoms with Gasteiger partial charge in [0.15, 0.2) is 15.6 Å². The minimum atomic E-state index is -4.19. The van der Waals surface area contributed by atoms with Crippen LogP contribution in [-0.4, -0.2) is 95.6 Å². The zero-order valence-electron chi connectivity index (χ0n) is 36.7. The van der Waals surface area contributed by atoms with Crippen LogP contribution >= 0.6 is 11.6 Å². The molecule has 5 N–H and O–H groups in total. The molecule has 0 fully saturated rings. The Kier molecular flexibility index (Phi) is 17.5. The predicted molar refractivity (Wildman–Crippen MR) is 236 cm³/mol. The lowest BCUT2D eigenvalue weighted by Crippen LogP contribution is -2.61. The van der Waals surface area contributed by atoms with E-state index in [-0.39, 0.29) is 18.8 Å². The number of rotatable bonds is 19. The molecular weight excluding hydrogens is 858 g/mol. The molecule has 0 unspecified atom stereocenters. The third-order valence-electron chi connectivity index (χ3n) is 9.41. The van der Waals surface area contributed by atoms with Gasteiger partial charge >= 0.3 is 18.0 Å². The van der Waals surface area contributed by atoms with Gasteiger partial charge in [0.2, 0.25) is 11.8 Å². The first kappa shape index (κ1) is 51.5. The second-order valence-corrected chi connectivity index (χ2v) is 20.2. The fraction of sp³-hybridized carbons (Fsp3) is 0.455. The fourth-order valence-electron chi connectivity index (χ4n) is 6.61. The van der Waals surface area contributed by atoms with Crippen molar-refractivity contribution in [2.45, 2.75) is 105 Å². The smallest absolute Gasteiger partial charge is 0.408 e. The summed E-state index contributed by atoms with van der Waals surface area (Å²) in [7, 11) is -4.19. The second-order valence-electron chi connectivity index (χ2n) is 17.6. The average molecular weight is 914 g/mol. The minimum Gasteiger partial charge on any atom is -0.481 e. The molecular formula is C44H56ClN5O12S. The number of carboxylic acids is 2. The monoisotopic (exact) mass is 913 g/mol. The number of halogens is 1. The second kappa shape index (κ2) is 21.5. The molecule has 0 aliphatic heterocycles. The molecule has 0 aliphatic rings. The maximum atomic E-state index is 15.2. The number of ether oxygens (including phenoxy) is 1. The first-order valence-corrected chi connectivity index (χ1v) is 22.2. The van der Waals surface area contributed by atoms with E-state index in [2.05, 4.69) is 20.9 Å². The first-order chi connectivity index (χ1) is 29.1. The Bertz CT molecular complexity index is 2340. The van der Waals surface area contributed by atoms with E-state index in [0.717, 1.165) is 11.2 Å². The van der Waals surface area contributed by atoms with E-state index < -0.39 is 115 Å². The number of Topliss-reactive ketones (excluding diaryl/α,β-unsaturated/α-hetero) is 1. The number of hydrogen-bond acceptors (Lipinski definition) is 11. The fourth-order valence-corrected chi connectivity index (χ4v) is 7.76. The molecule has 19 heteroatoms. The summed E-state index contributed by atoms with van der Waals surface area (Å²) in [5.41, 5.74) is -1.40. The number of nitrogens with one attached hydrogen (secondary N) is 3. The quantitative estimate of drug-likeness (QED) is 0.0952. The van der Waals surface area contributed by atoms with Gasteiger partial charge in [-0.1, -0.05) is 116 Å². The number of amides is 4. The van der Waals surface area contributed by atoms with Crippen molar-refractivity contribution in [2.24, 2.45) is 16.7 Å². The number of para-hydroxylation sites is 1. The van der Waals surface area contributed by atoms with Gasteiger partial charge in [-0.05, 0) is 46.9 Å². The minimum absolute atomic E-state index is 0.0816. The number of carboxylic acid groups (broad SMARTS) is 2. The lowest BCUT2D eigenvalue weighted by molar-refractivity contribution is -0.141. The number of nitrogens with zero attached hydrogens (tertiary/aromatic N) is 2. The highest BCUT2D eigenvalue weighted by atomic mass is 35.5. The van der Waals surface area contributed by atoms with Gasteiger partial charge in [-0.15, -0.1) is 0 Å². The molecule has 4 amide bonds. The number of sulfone groups is 1. The van der Waals surface area contributed by atoms with Crippen molar-refractivity contribution in [1.29, 1.82) is 0 Å². The van der Waals surface area contributed by atoms with Crippen LogP contribution in [0, 0.1) is 16.7 Å². The van der Waals surface area contributed by atoms with E-state index in [1.54, 1.807) is 95.3 Å². The van der Waals surface area contributed by atoms with E-state index in [1.807, 2.05) is 0 Å². The molecule has 17 nitrogen and oxygen atoms in total. The van der Waals surface area contributed by atoms with Crippen LogP contribution in [0.15, 0.2) is 76.7 Å². The normalized spacial score (nSPS) is 14.3. The van der Waals surface area contributed by atoms with Gasteiger partial charge in [0.05, 0.1) is 18.4 Å². The summed E-state index contributed by atoms with van der Waals surface area (Å²) >= 11 is 6.25. The van der Waals surface area contributed by atoms with Crippen LogP contribution in [0.2, 0.25) is 0 Å². The van der Waals surface area contributed by atoms with Gasteiger partial charge in [-0.25, -0.2) is 18.2 Å². The molecule has 1 aromatic heterocycles. The van der Waals surface area contributed by atoms with Gasteiger partial charge in [0, 0.05) is 17.2 Å². The summed E-state index contributed by atoms with van der Waals surface area (Å²) in [5, 5.41) is 27.6. The van der Waals surface area contributed by atoms with Gasteiger partial charge in [-0.3, -0.25) is 33.7 Å². The standard InChI is InChI=1S/C44H56ClN5O12S/c1-25(2)36(40(57)47-29(21-33(51)52)37(55)35(44(6,7)8)38(45)63(9,60)61)50(32-20-19-27-17-13-14-18-28(27)46-32)41(58)31(23-43(3,4)5)48-39(56)30(22-34(53)54)49-42(59)62-24-26-15-11-10-12-16-26/h10-20,25,29-31,36H,21-24H2,1-9H3,(H,47,57)(H,48,56)(H,49,59)(H,51,52)(H,53,54)/t29-,30-,31-,36-/m0/s1. The van der Waals surface area contributed by atoms with Crippen molar-refractivity contribution in [3.8, 4) is 0 Å². The van der Waals surface area contributed by atoms with E-state index in [1.165, 1.54) is 26.8 Å². The Labute approximate surface area is 371 Å². The summed E-state index contributed by atoms with van der Waals surface area (Å²) in [4.78, 5) is 101. The molecule has 1 heterocycles. The average Bonchev–Trinajstić information content (AvgIpc) is 3.16. The Morgan fingerprint density at radius 3 is 1.86 bits per heavy atom. The molecule has 0 spiro atoms. The van der Waals surface area contributed by atoms with E-state index in [9.17, 15) is 47.4 Å². The zero-order chi connectivity index (χ0) is 47.6. The highest BCUT2D eigenvalue weighted by Crippen LogP contribution is 2.34. The molecule has 63 heavy (non-hydrogen) atoms. The molecule has 2 aromatic carbocycles. The summed E-state index contributed by atoms with van der Waals surface area (Å²) in [5.74, 6) is -7.97. The first-order valence-electron chi connectivity index (χ1n) is 20.0. The van der Waals surface area contributed by atoms with Crippen LogP contribution in [0.4, 0.5) is 10.6 Å². The predicted octanol–water partition coefficient (Wildman–Crippen LogP) is 5.35. The molecule has 0 saturated heterocycles. The molecule has 0 radical (unpaired) electrons.